The molecule has 0 unspecified atom stereocenters. The summed E-state index contributed by atoms with van der Waals surface area (Å²) in [6.45, 7) is 5.98. The highest BCUT2D eigenvalue weighted by molar-refractivity contribution is 6.04. The van der Waals surface area contributed by atoms with Crippen molar-refractivity contribution in [3.05, 3.63) is 89.2 Å². The summed E-state index contributed by atoms with van der Waals surface area (Å²) in [5.74, 6) is 0.416. The van der Waals surface area contributed by atoms with Crippen LogP contribution in [-0.2, 0) is 6.42 Å². The van der Waals surface area contributed by atoms with Crippen molar-refractivity contribution < 1.29 is 9.32 Å². The Hall–Kier alpha value is -4.26. The number of nitrogens with one attached hydrogen (secondary N) is 1. The van der Waals surface area contributed by atoms with Crippen LogP contribution in [-0.4, -0.2) is 26.1 Å². The lowest BCUT2D eigenvalue weighted by molar-refractivity contribution is 0.102. The maximum atomic E-state index is 13.0. The standard InChI is InChI=1S/C26H23N5O2/c1-4-23-24(26(32)27-21-12-10-16(2)14-17(21)3)28-30-31(23)19-11-13-22-20(15-19)25(33-29-22)18-8-6-5-7-9-18/h5-15H,4H2,1-3H3,(H,27,32). The van der Waals surface area contributed by atoms with Gasteiger partial charge in [-0.3, -0.25) is 4.79 Å². The first-order valence-corrected chi connectivity index (χ1v) is 10.8. The highest BCUT2D eigenvalue weighted by Gasteiger charge is 2.21. The van der Waals surface area contributed by atoms with Crippen molar-refractivity contribution in [2.24, 2.45) is 0 Å². The fraction of sp³-hybridized carbons (Fsp3) is 0.154. The number of hydrogen-bond donors (Lipinski definition) is 1. The van der Waals surface area contributed by atoms with E-state index in [1.54, 1.807) is 4.68 Å². The summed E-state index contributed by atoms with van der Waals surface area (Å²) in [5.41, 5.74) is 6.44. The Labute approximate surface area is 191 Å². The van der Waals surface area contributed by atoms with Crippen molar-refractivity contribution >= 4 is 22.5 Å². The number of benzene rings is 3. The van der Waals surface area contributed by atoms with Gasteiger partial charge in [0.15, 0.2) is 11.5 Å². The van der Waals surface area contributed by atoms with Gasteiger partial charge in [0.25, 0.3) is 5.91 Å². The van der Waals surface area contributed by atoms with Crippen LogP contribution in [0, 0.1) is 13.8 Å². The number of fused-ring (bicyclic) bond motifs is 1. The number of aromatic nitrogens is 4. The van der Waals surface area contributed by atoms with Gasteiger partial charge in [0.2, 0.25) is 0 Å². The molecule has 0 aliphatic carbocycles. The number of aryl methyl sites for hydroxylation is 2. The summed E-state index contributed by atoms with van der Waals surface area (Å²) < 4.78 is 7.33. The molecule has 2 heterocycles. The lowest BCUT2D eigenvalue weighted by Crippen LogP contribution is -2.16. The quantitative estimate of drug-likeness (QED) is 0.392. The van der Waals surface area contributed by atoms with E-state index in [1.807, 2.05) is 87.5 Å². The van der Waals surface area contributed by atoms with E-state index >= 15 is 0 Å². The van der Waals surface area contributed by atoms with Crippen molar-refractivity contribution in [1.29, 1.82) is 0 Å². The molecule has 0 aliphatic heterocycles. The van der Waals surface area contributed by atoms with Crippen molar-refractivity contribution in [3.63, 3.8) is 0 Å². The number of carbonyl (C=O) groups excluding carboxylic acids is 1. The van der Waals surface area contributed by atoms with E-state index in [2.05, 4.69) is 20.8 Å². The molecule has 0 fully saturated rings. The molecule has 2 aromatic heterocycles. The summed E-state index contributed by atoms with van der Waals surface area (Å²) in [6.07, 6.45) is 0.593. The Morgan fingerprint density at radius 2 is 1.85 bits per heavy atom. The predicted octanol–water partition coefficient (Wildman–Crippen LogP) is 5.51. The average molecular weight is 438 g/mol. The van der Waals surface area contributed by atoms with Crippen LogP contribution in [0.15, 0.2) is 71.3 Å². The minimum atomic E-state index is -0.277. The second-order valence-corrected chi connectivity index (χ2v) is 8.00. The molecule has 0 saturated heterocycles. The third kappa shape index (κ3) is 3.78. The molecule has 3 aromatic carbocycles. The largest absolute Gasteiger partial charge is 0.355 e. The Bertz CT molecular complexity index is 1470. The van der Waals surface area contributed by atoms with Gasteiger partial charge < -0.3 is 9.84 Å². The molecule has 1 N–H and O–H groups in total. The normalized spacial score (nSPS) is 11.1. The van der Waals surface area contributed by atoms with Gasteiger partial charge in [-0.1, -0.05) is 65.3 Å². The molecular formula is C26H23N5O2. The summed E-state index contributed by atoms with van der Waals surface area (Å²) in [7, 11) is 0. The first kappa shape index (κ1) is 20.6. The minimum absolute atomic E-state index is 0.277. The van der Waals surface area contributed by atoms with Gasteiger partial charge in [-0.05, 0) is 50.1 Å². The first-order chi connectivity index (χ1) is 16.0. The van der Waals surface area contributed by atoms with Crippen LogP contribution in [0.25, 0.3) is 27.9 Å². The predicted molar refractivity (Wildman–Crippen MR) is 128 cm³/mol. The highest BCUT2D eigenvalue weighted by Crippen LogP contribution is 2.30. The average Bonchev–Trinajstić information content (AvgIpc) is 3.45. The third-order valence-corrected chi connectivity index (χ3v) is 5.68. The van der Waals surface area contributed by atoms with Crippen LogP contribution in [0.5, 0.6) is 0 Å². The number of nitrogens with zero attached hydrogens (tertiary/aromatic N) is 4. The SMILES string of the molecule is CCc1c(C(=O)Nc2ccc(C)cc2C)nnn1-c1ccc2noc(-c3ccccc3)c2c1. The third-order valence-electron chi connectivity index (χ3n) is 5.68. The molecule has 0 spiro atoms. The monoisotopic (exact) mass is 437 g/mol. The second kappa shape index (κ2) is 8.35. The van der Waals surface area contributed by atoms with Crippen LogP contribution in [0.1, 0.15) is 34.2 Å². The number of hydrogen-bond acceptors (Lipinski definition) is 5. The molecule has 7 heteroatoms. The summed E-state index contributed by atoms with van der Waals surface area (Å²) in [4.78, 5) is 13.0. The fourth-order valence-electron chi connectivity index (χ4n) is 4.00. The molecule has 0 saturated carbocycles. The number of amides is 1. The summed E-state index contributed by atoms with van der Waals surface area (Å²) in [6, 6.07) is 21.5. The molecule has 1 amide bonds. The Morgan fingerprint density at radius 1 is 1.03 bits per heavy atom. The smallest absolute Gasteiger partial charge is 0.278 e. The molecule has 33 heavy (non-hydrogen) atoms. The molecular weight excluding hydrogens is 414 g/mol. The molecule has 5 aromatic rings. The second-order valence-electron chi connectivity index (χ2n) is 8.00. The van der Waals surface area contributed by atoms with Gasteiger partial charge in [-0.2, -0.15) is 0 Å². The van der Waals surface area contributed by atoms with E-state index in [0.29, 0.717) is 17.9 Å². The lowest BCUT2D eigenvalue weighted by atomic mass is 10.1. The zero-order valence-electron chi connectivity index (χ0n) is 18.7. The maximum Gasteiger partial charge on any atom is 0.278 e. The topological polar surface area (TPSA) is 85.8 Å². The maximum absolute atomic E-state index is 13.0. The van der Waals surface area contributed by atoms with Gasteiger partial charge in [0.05, 0.1) is 16.8 Å². The molecule has 164 valence electrons. The molecule has 0 aliphatic rings. The van der Waals surface area contributed by atoms with E-state index in [-0.39, 0.29) is 5.91 Å². The van der Waals surface area contributed by atoms with Crippen LogP contribution in [0.2, 0.25) is 0 Å². The van der Waals surface area contributed by atoms with Crippen LogP contribution in [0.4, 0.5) is 5.69 Å². The van der Waals surface area contributed by atoms with E-state index in [4.69, 9.17) is 4.52 Å². The zero-order chi connectivity index (χ0) is 22.9. The van der Waals surface area contributed by atoms with Crippen molar-refractivity contribution in [3.8, 4) is 17.0 Å². The van der Waals surface area contributed by atoms with Crippen LogP contribution in [0.3, 0.4) is 0 Å². The molecule has 0 bridgehead atoms. The number of rotatable bonds is 5. The van der Waals surface area contributed by atoms with Crippen molar-refractivity contribution in [2.75, 3.05) is 5.32 Å². The number of carbonyl (C=O) groups is 1. The number of anilines is 1. The molecule has 0 radical (unpaired) electrons. The van der Waals surface area contributed by atoms with E-state index in [0.717, 1.165) is 44.7 Å². The van der Waals surface area contributed by atoms with Crippen molar-refractivity contribution in [1.82, 2.24) is 20.2 Å². The minimum Gasteiger partial charge on any atom is -0.355 e. The molecule has 0 atom stereocenters. The van der Waals surface area contributed by atoms with Gasteiger partial charge in [-0.25, -0.2) is 4.68 Å². The lowest BCUT2D eigenvalue weighted by Gasteiger charge is -2.09. The van der Waals surface area contributed by atoms with Crippen molar-refractivity contribution in [2.45, 2.75) is 27.2 Å². The van der Waals surface area contributed by atoms with E-state index in [9.17, 15) is 4.79 Å². The van der Waals surface area contributed by atoms with Gasteiger partial charge in [0, 0.05) is 11.3 Å². The van der Waals surface area contributed by atoms with Gasteiger partial charge >= 0.3 is 0 Å². The summed E-state index contributed by atoms with van der Waals surface area (Å²) in [5, 5.41) is 16.5. The van der Waals surface area contributed by atoms with E-state index in [1.165, 1.54) is 0 Å². The van der Waals surface area contributed by atoms with Gasteiger partial charge in [-0.15, -0.1) is 5.10 Å². The Balaban J connectivity index is 1.52. The molecule has 7 nitrogen and oxygen atoms in total. The van der Waals surface area contributed by atoms with E-state index < -0.39 is 0 Å². The van der Waals surface area contributed by atoms with Gasteiger partial charge in [0.1, 0.15) is 5.52 Å². The molecule has 5 rings (SSSR count). The van der Waals surface area contributed by atoms with Crippen LogP contribution < -0.4 is 5.32 Å². The summed E-state index contributed by atoms with van der Waals surface area (Å²) >= 11 is 0. The van der Waals surface area contributed by atoms with Crippen LogP contribution >= 0.6 is 0 Å². The fourth-order valence-corrected chi connectivity index (χ4v) is 4.00. The zero-order valence-corrected chi connectivity index (χ0v) is 18.7. The first-order valence-electron chi connectivity index (χ1n) is 10.8. The Kier molecular flexibility index (Phi) is 5.22. The Morgan fingerprint density at radius 3 is 2.61 bits per heavy atom. The highest BCUT2D eigenvalue weighted by atomic mass is 16.5.